The summed E-state index contributed by atoms with van der Waals surface area (Å²) >= 11 is 1.52. The first-order valence-electron chi connectivity index (χ1n) is 13.7. The molecule has 11 nitrogen and oxygen atoms in total. The summed E-state index contributed by atoms with van der Waals surface area (Å²) in [5.41, 5.74) is 2.28. The summed E-state index contributed by atoms with van der Waals surface area (Å²) in [5.74, 6) is 1.50. The van der Waals surface area contributed by atoms with Gasteiger partial charge in [-0.3, -0.25) is 9.59 Å². The number of benzene rings is 4. The Labute approximate surface area is 264 Å². The van der Waals surface area contributed by atoms with E-state index in [0.29, 0.717) is 45.6 Å². The summed E-state index contributed by atoms with van der Waals surface area (Å²) in [6, 6.07) is 29.0. The van der Waals surface area contributed by atoms with E-state index in [1.807, 2.05) is 54.6 Å². The number of hydrogen-bond donors (Lipinski definition) is 2. The molecule has 2 N–H and O–H groups in total. The van der Waals surface area contributed by atoms with Gasteiger partial charge in [0.1, 0.15) is 11.4 Å². The minimum absolute atomic E-state index is 0.00512. The lowest BCUT2D eigenvalue weighted by Gasteiger charge is -2.15. The van der Waals surface area contributed by atoms with E-state index in [-0.39, 0.29) is 5.70 Å². The number of ether oxygens (including phenoxy) is 3. The molecule has 4 aromatic carbocycles. The highest BCUT2D eigenvalue weighted by atomic mass is 32.2. The molecule has 1 heterocycles. The number of methoxy groups -OCH3 is 3. The quantitative estimate of drug-likeness (QED) is 0.139. The molecule has 0 atom stereocenters. The van der Waals surface area contributed by atoms with Gasteiger partial charge in [-0.05, 0) is 65.0 Å². The number of rotatable bonds is 12. The Morgan fingerprint density at radius 3 is 2.22 bits per heavy atom. The summed E-state index contributed by atoms with van der Waals surface area (Å²) in [4.78, 5) is 27.7. The molecule has 5 rings (SSSR count). The Balaban J connectivity index is 1.39. The van der Waals surface area contributed by atoms with Gasteiger partial charge in [0.15, 0.2) is 17.3 Å². The first-order chi connectivity index (χ1) is 22.0. The van der Waals surface area contributed by atoms with E-state index < -0.39 is 11.8 Å². The average molecular weight is 623 g/mol. The Hall–Kier alpha value is -5.62. The molecule has 0 bridgehead atoms. The molecular formula is C33H30N6O5S. The maximum atomic E-state index is 13.7. The number of para-hydroxylation sites is 1. The number of hydrogen-bond acceptors (Lipinski definition) is 9. The molecule has 0 aliphatic heterocycles. The predicted molar refractivity (Wildman–Crippen MR) is 172 cm³/mol. The summed E-state index contributed by atoms with van der Waals surface area (Å²) in [6.07, 6.45) is 1.53. The summed E-state index contributed by atoms with van der Waals surface area (Å²) < 4.78 is 18.1. The van der Waals surface area contributed by atoms with Crippen molar-refractivity contribution in [1.29, 1.82) is 0 Å². The van der Waals surface area contributed by atoms with Gasteiger partial charge < -0.3 is 24.8 Å². The molecule has 0 saturated carbocycles. The van der Waals surface area contributed by atoms with Crippen LogP contribution in [0.1, 0.15) is 21.7 Å². The minimum Gasteiger partial charge on any atom is -0.496 e. The zero-order valence-electron chi connectivity index (χ0n) is 24.8. The van der Waals surface area contributed by atoms with Gasteiger partial charge in [-0.2, -0.15) is 4.68 Å². The van der Waals surface area contributed by atoms with E-state index in [1.54, 1.807) is 47.1 Å². The number of aromatic nitrogens is 4. The SMILES string of the molecule is COc1cc(OC)c(OC)cc1/C=C(/NC(=O)c1ccccc1)C(=O)Nc1cccc(SCc2nnnn2-c2ccccc2)c1. The van der Waals surface area contributed by atoms with Crippen LogP contribution in [0.2, 0.25) is 0 Å². The van der Waals surface area contributed by atoms with E-state index in [2.05, 4.69) is 26.2 Å². The third-order valence-corrected chi connectivity index (χ3v) is 7.55. The molecule has 0 aliphatic rings. The zero-order chi connectivity index (χ0) is 31.6. The lowest BCUT2D eigenvalue weighted by atomic mass is 10.1. The molecule has 0 aliphatic carbocycles. The lowest BCUT2D eigenvalue weighted by molar-refractivity contribution is -0.113. The van der Waals surface area contributed by atoms with Crippen molar-refractivity contribution >= 4 is 35.3 Å². The van der Waals surface area contributed by atoms with Gasteiger partial charge >= 0.3 is 0 Å². The van der Waals surface area contributed by atoms with Crippen LogP contribution in [0.5, 0.6) is 17.2 Å². The van der Waals surface area contributed by atoms with Crippen LogP contribution in [0.4, 0.5) is 5.69 Å². The fraction of sp³-hybridized carbons (Fsp3) is 0.121. The van der Waals surface area contributed by atoms with Gasteiger partial charge in [0.05, 0.1) is 32.8 Å². The van der Waals surface area contributed by atoms with Gasteiger partial charge in [0.2, 0.25) is 0 Å². The van der Waals surface area contributed by atoms with Crippen LogP contribution >= 0.6 is 11.8 Å². The maximum absolute atomic E-state index is 13.7. The van der Waals surface area contributed by atoms with Crippen LogP contribution in [0, 0.1) is 0 Å². The van der Waals surface area contributed by atoms with Gasteiger partial charge in [0, 0.05) is 27.8 Å². The van der Waals surface area contributed by atoms with Gasteiger partial charge in [0.25, 0.3) is 11.8 Å². The molecule has 2 amide bonds. The fourth-order valence-electron chi connectivity index (χ4n) is 4.34. The molecule has 5 aromatic rings. The van der Waals surface area contributed by atoms with Crippen LogP contribution in [0.25, 0.3) is 11.8 Å². The molecule has 45 heavy (non-hydrogen) atoms. The normalized spacial score (nSPS) is 11.0. The average Bonchev–Trinajstić information content (AvgIpc) is 3.56. The summed E-state index contributed by atoms with van der Waals surface area (Å²) in [6.45, 7) is 0. The van der Waals surface area contributed by atoms with Crippen molar-refractivity contribution in [1.82, 2.24) is 25.5 Å². The molecule has 228 valence electrons. The number of carbonyl (C=O) groups is 2. The first-order valence-corrected chi connectivity index (χ1v) is 14.7. The van der Waals surface area contributed by atoms with E-state index in [4.69, 9.17) is 14.2 Å². The first kappa shape index (κ1) is 30.8. The Kier molecular flexibility index (Phi) is 10.1. The molecule has 12 heteroatoms. The summed E-state index contributed by atoms with van der Waals surface area (Å²) in [7, 11) is 4.53. The van der Waals surface area contributed by atoms with Crippen LogP contribution in [-0.4, -0.2) is 53.4 Å². The Bertz CT molecular complexity index is 1810. The number of nitrogens with zero attached hydrogens (tertiary/aromatic N) is 4. The van der Waals surface area contributed by atoms with Crippen molar-refractivity contribution in [3.05, 3.63) is 120 Å². The van der Waals surface area contributed by atoms with Gasteiger partial charge in [-0.15, -0.1) is 16.9 Å². The highest BCUT2D eigenvalue weighted by molar-refractivity contribution is 7.98. The highest BCUT2D eigenvalue weighted by Gasteiger charge is 2.18. The van der Waals surface area contributed by atoms with Gasteiger partial charge in [-0.25, -0.2) is 0 Å². The standard InChI is InChI=1S/C33H30N6O5S/c1-42-28-20-30(44-3)29(43-2)18-23(28)17-27(35-32(40)22-11-6-4-7-12-22)33(41)34-24-13-10-16-26(19-24)45-21-31-36-37-38-39(31)25-14-8-5-9-15-25/h4-20H,21H2,1-3H3,(H,34,41)(H,35,40)/b27-17+. The molecule has 0 fully saturated rings. The molecule has 0 saturated heterocycles. The third-order valence-electron chi connectivity index (χ3n) is 6.56. The number of carbonyl (C=O) groups excluding carboxylic acids is 2. The lowest BCUT2D eigenvalue weighted by Crippen LogP contribution is -2.30. The Morgan fingerprint density at radius 2 is 1.51 bits per heavy atom. The van der Waals surface area contributed by atoms with Crippen molar-refractivity contribution < 1.29 is 23.8 Å². The Morgan fingerprint density at radius 1 is 0.822 bits per heavy atom. The second kappa shape index (κ2) is 14.7. The fourth-order valence-corrected chi connectivity index (χ4v) is 5.20. The second-order valence-electron chi connectivity index (χ2n) is 9.44. The van der Waals surface area contributed by atoms with Gasteiger partial charge in [-0.1, -0.05) is 42.5 Å². The molecular weight excluding hydrogens is 592 g/mol. The van der Waals surface area contributed by atoms with E-state index >= 15 is 0 Å². The van der Waals surface area contributed by atoms with E-state index in [1.165, 1.54) is 39.2 Å². The minimum atomic E-state index is -0.536. The second-order valence-corrected chi connectivity index (χ2v) is 10.5. The topological polar surface area (TPSA) is 129 Å². The predicted octanol–water partition coefficient (Wildman–Crippen LogP) is 5.39. The smallest absolute Gasteiger partial charge is 0.272 e. The summed E-state index contributed by atoms with van der Waals surface area (Å²) in [5, 5.41) is 17.8. The number of amides is 2. The van der Waals surface area contributed by atoms with Crippen LogP contribution in [-0.2, 0) is 10.5 Å². The maximum Gasteiger partial charge on any atom is 0.272 e. The number of anilines is 1. The highest BCUT2D eigenvalue weighted by Crippen LogP contribution is 2.35. The van der Waals surface area contributed by atoms with Crippen LogP contribution in [0.3, 0.4) is 0 Å². The zero-order valence-corrected chi connectivity index (χ0v) is 25.6. The number of thioether (sulfide) groups is 1. The molecule has 0 unspecified atom stereocenters. The molecule has 0 spiro atoms. The van der Waals surface area contributed by atoms with Crippen molar-refractivity contribution in [2.45, 2.75) is 10.6 Å². The van der Waals surface area contributed by atoms with E-state index in [0.717, 1.165) is 10.6 Å². The molecule has 1 aromatic heterocycles. The monoisotopic (exact) mass is 622 g/mol. The van der Waals surface area contributed by atoms with Crippen molar-refractivity contribution in [3.8, 4) is 22.9 Å². The van der Waals surface area contributed by atoms with Crippen molar-refractivity contribution in [2.24, 2.45) is 0 Å². The van der Waals surface area contributed by atoms with E-state index in [9.17, 15) is 9.59 Å². The third kappa shape index (κ3) is 7.67. The van der Waals surface area contributed by atoms with Crippen molar-refractivity contribution in [2.75, 3.05) is 26.6 Å². The molecule has 0 radical (unpaired) electrons. The van der Waals surface area contributed by atoms with Crippen LogP contribution < -0.4 is 24.8 Å². The van der Waals surface area contributed by atoms with Crippen LogP contribution in [0.15, 0.2) is 108 Å². The largest absolute Gasteiger partial charge is 0.496 e. The number of tetrazole rings is 1. The van der Waals surface area contributed by atoms with Crippen molar-refractivity contribution in [3.63, 3.8) is 0 Å². The number of nitrogens with one attached hydrogen (secondary N) is 2.